The van der Waals surface area contributed by atoms with Gasteiger partial charge in [0, 0.05) is 12.3 Å². The molecule has 28 heavy (non-hydrogen) atoms. The van der Waals surface area contributed by atoms with Crippen LogP contribution in [0.5, 0.6) is 0 Å². The van der Waals surface area contributed by atoms with Gasteiger partial charge in [-0.3, -0.25) is 14.0 Å². The predicted octanol–water partition coefficient (Wildman–Crippen LogP) is 1.16. The summed E-state index contributed by atoms with van der Waals surface area (Å²) in [6, 6.07) is 9.52. The van der Waals surface area contributed by atoms with Gasteiger partial charge in [0.25, 0.3) is 5.56 Å². The van der Waals surface area contributed by atoms with Crippen LogP contribution in [0.3, 0.4) is 0 Å². The second-order valence-electron chi connectivity index (χ2n) is 5.89. The number of hydrogen-bond donors (Lipinski definition) is 1. The van der Waals surface area contributed by atoms with E-state index in [4.69, 9.17) is 4.74 Å². The van der Waals surface area contributed by atoms with Crippen molar-refractivity contribution in [3.8, 4) is 0 Å². The molecule has 0 saturated heterocycles. The Kier molecular flexibility index (Phi) is 5.52. The number of pyridine rings is 1. The molecule has 0 fully saturated rings. The number of esters is 1. The van der Waals surface area contributed by atoms with Crippen molar-refractivity contribution in [3.63, 3.8) is 0 Å². The fraction of sp³-hybridized carbons (Fsp3) is 0.167. The van der Waals surface area contributed by atoms with E-state index in [1.807, 2.05) is 4.72 Å². The highest BCUT2D eigenvalue weighted by molar-refractivity contribution is 7.89. The molecule has 0 atom stereocenters. The van der Waals surface area contributed by atoms with Crippen molar-refractivity contribution in [3.05, 3.63) is 76.1 Å². The van der Waals surface area contributed by atoms with E-state index in [1.54, 1.807) is 25.3 Å². The lowest BCUT2D eigenvalue weighted by atomic mass is 10.3. The molecule has 10 heteroatoms. The maximum absolute atomic E-state index is 13.6. The van der Waals surface area contributed by atoms with Gasteiger partial charge in [-0.2, -0.15) is 4.72 Å². The van der Waals surface area contributed by atoms with Crippen molar-refractivity contribution in [1.29, 1.82) is 0 Å². The highest BCUT2D eigenvalue weighted by Gasteiger charge is 2.20. The van der Waals surface area contributed by atoms with Crippen LogP contribution < -0.4 is 10.3 Å². The average Bonchev–Trinajstić information content (AvgIpc) is 2.66. The molecule has 0 radical (unpaired) electrons. The van der Waals surface area contributed by atoms with Crippen LogP contribution in [0, 0.1) is 12.7 Å². The first-order valence-electron chi connectivity index (χ1n) is 8.15. The van der Waals surface area contributed by atoms with Gasteiger partial charge in [-0.05, 0) is 30.7 Å². The van der Waals surface area contributed by atoms with Crippen LogP contribution in [-0.4, -0.2) is 30.3 Å². The van der Waals surface area contributed by atoms with E-state index in [9.17, 15) is 22.4 Å². The van der Waals surface area contributed by atoms with Gasteiger partial charge in [-0.15, -0.1) is 0 Å². The average molecular weight is 405 g/mol. The molecule has 0 bridgehead atoms. The number of aryl methyl sites for hydroxylation is 1. The number of halogens is 1. The quantitative estimate of drug-likeness (QED) is 0.617. The van der Waals surface area contributed by atoms with E-state index in [-0.39, 0.29) is 17.9 Å². The third-order valence-electron chi connectivity index (χ3n) is 3.85. The van der Waals surface area contributed by atoms with Crippen molar-refractivity contribution in [1.82, 2.24) is 14.1 Å². The Balaban J connectivity index is 1.65. The molecule has 0 aliphatic heterocycles. The van der Waals surface area contributed by atoms with E-state index >= 15 is 0 Å². The Morgan fingerprint density at radius 2 is 2.00 bits per heavy atom. The monoisotopic (exact) mass is 405 g/mol. The van der Waals surface area contributed by atoms with Crippen molar-refractivity contribution in [2.75, 3.05) is 6.54 Å². The van der Waals surface area contributed by atoms with Gasteiger partial charge in [-0.1, -0.05) is 18.2 Å². The second-order valence-corrected chi connectivity index (χ2v) is 7.62. The molecule has 146 valence electrons. The highest BCUT2D eigenvalue weighted by atomic mass is 32.2. The van der Waals surface area contributed by atoms with Crippen LogP contribution in [0.15, 0.2) is 58.4 Å². The number of hydrogen-bond acceptors (Lipinski definition) is 6. The third-order valence-corrected chi connectivity index (χ3v) is 5.29. The number of carbonyl (C=O) groups excluding carboxylic acids is 1. The van der Waals surface area contributed by atoms with Crippen molar-refractivity contribution >= 4 is 21.6 Å². The summed E-state index contributed by atoms with van der Waals surface area (Å²) >= 11 is 0. The number of aromatic nitrogens is 2. The molecule has 0 aliphatic rings. The van der Waals surface area contributed by atoms with Gasteiger partial charge in [-0.25, -0.2) is 17.8 Å². The topological polar surface area (TPSA) is 107 Å². The third kappa shape index (κ3) is 4.24. The predicted molar refractivity (Wildman–Crippen MR) is 97.6 cm³/mol. The number of nitrogens with zero attached hydrogens (tertiary/aromatic N) is 2. The zero-order chi connectivity index (χ0) is 20.3. The van der Waals surface area contributed by atoms with Gasteiger partial charge < -0.3 is 4.74 Å². The fourth-order valence-corrected chi connectivity index (χ4v) is 3.53. The molecule has 2 heterocycles. The summed E-state index contributed by atoms with van der Waals surface area (Å²) in [5.74, 6) is -1.83. The summed E-state index contributed by atoms with van der Waals surface area (Å²) in [5.41, 5.74) is 1.09. The Labute approximate surface area is 159 Å². The Bertz CT molecular complexity index is 1210. The van der Waals surface area contributed by atoms with Crippen LogP contribution >= 0.6 is 0 Å². The zero-order valence-electron chi connectivity index (χ0n) is 14.8. The van der Waals surface area contributed by atoms with Crippen molar-refractivity contribution in [2.45, 2.75) is 18.4 Å². The number of nitrogens with one attached hydrogen (secondary N) is 1. The van der Waals surface area contributed by atoms with Gasteiger partial charge in [0.2, 0.25) is 10.0 Å². The molecule has 0 aliphatic carbocycles. The number of benzene rings is 1. The Morgan fingerprint density at radius 3 is 2.75 bits per heavy atom. The molecule has 2 aromatic heterocycles. The van der Waals surface area contributed by atoms with Gasteiger partial charge in [0.15, 0.2) is 0 Å². The van der Waals surface area contributed by atoms with E-state index in [0.717, 1.165) is 17.7 Å². The Hall–Kier alpha value is -3.11. The number of sulfonamides is 1. The summed E-state index contributed by atoms with van der Waals surface area (Å²) in [5, 5.41) is 0. The smallest absolute Gasteiger partial charge is 0.321 e. The maximum atomic E-state index is 13.6. The minimum Gasteiger partial charge on any atom is -0.458 e. The van der Waals surface area contributed by atoms with Crippen molar-refractivity contribution < 1.29 is 22.3 Å². The molecule has 0 unspecified atom stereocenters. The van der Waals surface area contributed by atoms with E-state index in [0.29, 0.717) is 5.65 Å². The lowest BCUT2D eigenvalue weighted by Gasteiger charge is -2.09. The summed E-state index contributed by atoms with van der Waals surface area (Å²) in [6.45, 7) is 0.789. The second kappa shape index (κ2) is 7.87. The van der Waals surface area contributed by atoms with Crippen LogP contribution in [-0.2, 0) is 26.2 Å². The summed E-state index contributed by atoms with van der Waals surface area (Å²) in [7, 11) is -4.20. The molecular weight excluding hydrogens is 389 g/mol. The number of carbonyl (C=O) groups is 1. The SMILES string of the molecule is Cc1cccn2c(=O)cc(COC(=O)CNS(=O)(=O)c3ccccc3F)nc12. The molecule has 3 rings (SSSR count). The summed E-state index contributed by atoms with van der Waals surface area (Å²) in [6.07, 6.45) is 1.57. The number of ether oxygens (including phenoxy) is 1. The first-order chi connectivity index (χ1) is 13.3. The van der Waals surface area contributed by atoms with Gasteiger partial charge >= 0.3 is 5.97 Å². The lowest BCUT2D eigenvalue weighted by molar-refractivity contribution is -0.143. The molecule has 0 amide bonds. The minimum absolute atomic E-state index is 0.226. The highest BCUT2D eigenvalue weighted by Crippen LogP contribution is 2.12. The van der Waals surface area contributed by atoms with Crippen LogP contribution in [0.4, 0.5) is 4.39 Å². The largest absolute Gasteiger partial charge is 0.458 e. The summed E-state index contributed by atoms with van der Waals surface area (Å²) < 4.78 is 46.0. The zero-order valence-corrected chi connectivity index (χ0v) is 15.6. The molecule has 8 nitrogen and oxygen atoms in total. The number of fused-ring (bicyclic) bond motifs is 1. The first kappa shape index (κ1) is 19.6. The molecule has 0 saturated carbocycles. The molecule has 0 spiro atoms. The van der Waals surface area contributed by atoms with E-state index < -0.39 is 33.3 Å². The van der Waals surface area contributed by atoms with Crippen molar-refractivity contribution in [2.24, 2.45) is 0 Å². The lowest BCUT2D eigenvalue weighted by Crippen LogP contribution is -2.31. The number of rotatable bonds is 6. The van der Waals surface area contributed by atoms with Gasteiger partial charge in [0.05, 0.1) is 5.69 Å². The normalized spacial score (nSPS) is 11.5. The standard InChI is InChI=1S/C18H16FN3O5S/c1-12-5-4-8-22-16(23)9-13(21-18(12)22)11-27-17(24)10-20-28(25,26)15-7-3-2-6-14(15)19/h2-9,20H,10-11H2,1H3. The van der Waals surface area contributed by atoms with E-state index in [1.165, 1.54) is 22.6 Å². The molecular formula is C18H16FN3O5S. The molecule has 1 N–H and O–H groups in total. The molecule has 1 aromatic carbocycles. The molecule has 3 aromatic rings. The van der Waals surface area contributed by atoms with Crippen LogP contribution in [0.2, 0.25) is 0 Å². The maximum Gasteiger partial charge on any atom is 0.321 e. The van der Waals surface area contributed by atoms with Gasteiger partial charge in [0.1, 0.15) is 29.5 Å². The summed E-state index contributed by atoms with van der Waals surface area (Å²) in [4.78, 5) is 27.6. The minimum atomic E-state index is -4.20. The first-order valence-corrected chi connectivity index (χ1v) is 9.64. The van der Waals surface area contributed by atoms with Crippen LogP contribution in [0.1, 0.15) is 11.3 Å². The van der Waals surface area contributed by atoms with E-state index in [2.05, 4.69) is 4.98 Å². The fourth-order valence-electron chi connectivity index (χ4n) is 2.48. The van der Waals surface area contributed by atoms with Crippen LogP contribution in [0.25, 0.3) is 5.65 Å². The Morgan fingerprint density at radius 1 is 1.25 bits per heavy atom.